The lowest BCUT2D eigenvalue weighted by molar-refractivity contribution is -0.128. The van der Waals surface area contributed by atoms with E-state index in [0.29, 0.717) is 19.7 Å². The molecular weight excluding hydrogens is 308 g/mol. The number of ether oxygens (including phenoxy) is 2. The summed E-state index contributed by atoms with van der Waals surface area (Å²) in [4.78, 5) is 25.5. The van der Waals surface area contributed by atoms with E-state index in [0.717, 1.165) is 29.0 Å². The van der Waals surface area contributed by atoms with Crippen molar-refractivity contribution in [1.29, 1.82) is 0 Å². The summed E-state index contributed by atoms with van der Waals surface area (Å²) >= 11 is 0. The van der Waals surface area contributed by atoms with Crippen molar-refractivity contribution in [3.05, 3.63) is 23.3 Å². The molecule has 0 unspecified atom stereocenters. The lowest BCUT2D eigenvalue weighted by Crippen LogP contribution is -2.31. The van der Waals surface area contributed by atoms with Crippen molar-refractivity contribution in [2.24, 2.45) is 5.92 Å². The first-order valence-corrected chi connectivity index (χ1v) is 8.44. The summed E-state index contributed by atoms with van der Waals surface area (Å²) in [6.07, 6.45) is 1.32. The Morgan fingerprint density at radius 3 is 2.88 bits per heavy atom. The molecule has 2 amide bonds. The van der Waals surface area contributed by atoms with E-state index < -0.39 is 0 Å². The number of carbonyl (C=O) groups excluding carboxylic acids is 2. The smallest absolute Gasteiger partial charge is 0.225 e. The summed E-state index contributed by atoms with van der Waals surface area (Å²) in [6, 6.07) is 3.97. The van der Waals surface area contributed by atoms with Gasteiger partial charge in [-0.1, -0.05) is 0 Å². The van der Waals surface area contributed by atoms with Crippen LogP contribution >= 0.6 is 0 Å². The number of hydrogen-bond acceptors (Lipinski definition) is 4. The van der Waals surface area contributed by atoms with Crippen LogP contribution in [0.4, 0.5) is 0 Å². The molecule has 2 heterocycles. The van der Waals surface area contributed by atoms with Crippen molar-refractivity contribution >= 4 is 11.8 Å². The van der Waals surface area contributed by atoms with Gasteiger partial charge in [0.25, 0.3) is 0 Å². The number of hydrogen-bond donors (Lipinski definition) is 1. The first kappa shape index (κ1) is 16.6. The lowest BCUT2D eigenvalue weighted by Gasteiger charge is -2.15. The minimum Gasteiger partial charge on any atom is -0.494 e. The van der Waals surface area contributed by atoms with Gasteiger partial charge in [-0.25, -0.2) is 0 Å². The number of nitrogens with one attached hydrogen (secondary N) is 1. The zero-order chi connectivity index (χ0) is 17.3. The van der Waals surface area contributed by atoms with Crippen LogP contribution in [0.15, 0.2) is 12.1 Å². The Hall–Kier alpha value is -2.24. The highest BCUT2D eigenvalue weighted by molar-refractivity contribution is 5.89. The van der Waals surface area contributed by atoms with Gasteiger partial charge in [-0.15, -0.1) is 0 Å². The second-order valence-electron chi connectivity index (χ2n) is 6.53. The van der Waals surface area contributed by atoms with Crippen LogP contribution in [0.1, 0.15) is 31.4 Å². The van der Waals surface area contributed by atoms with Gasteiger partial charge in [0.15, 0.2) is 0 Å². The quantitative estimate of drug-likeness (QED) is 0.887. The average Bonchev–Trinajstić information content (AvgIpc) is 3.06. The van der Waals surface area contributed by atoms with Crippen molar-refractivity contribution in [3.63, 3.8) is 0 Å². The zero-order valence-corrected chi connectivity index (χ0v) is 14.4. The van der Waals surface area contributed by atoms with E-state index in [4.69, 9.17) is 9.47 Å². The van der Waals surface area contributed by atoms with E-state index in [9.17, 15) is 9.59 Å². The number of benzene rings is 1. The lowest BCUT2D eigenvalue weighted by atomic mass is 10.1. The molecule has 130 valence electrons. The topological polar surface area (TPSA) is 67.9 Å². The molecule has 1 aromatic carbocycles. The van der Waals surface area contributed by atoms with Crippen molar-refractivity contribution in [1.82, 2.24) is 10.2 Å². The molecule has 2 atom stereocenters. The van der Waals surface area contributed by atoms with Gasteiger partial charge in [-0.05, 0) is 26.0 Å². The first-order chi connectivity index (χ1) is 11.5. The fourth-order valence-electron chi connectivity index (χ4n) is 3.28. The van der Waals surface area contributed by atoms with Gasteiger partial charge in [0.05, 0.1) is 12.5 Å². The molecule has 1 fully saturated rings. The fourth-order valence-corrected chi connectivity index (χ4v) is 3.28. The van der Waals surface area contributed by atoms with Crippen LogP contribution in [0.2, 0.25) is 0 Å². The first-order valence-electron chi connectivity index (χ1n) is 8.44. The standard InChI is InChI=1S/C18H24N2O4/c1-4-23-15-6-12-5-11(2)24-16(12)7-13(15)9-19-18(22)14-8-17(21)20(3)10-14/h6-7,11,14H,4-5,8-10H2,1-3H3,(H,19,22)/t11-,14-/m0/s1. The molecule has 24 heavy (non-hydrogen) atoms. The van der Waals surface area contributed by atoms with E-state index in [-0.39, 0.29) is 30.3 Å². The van der Waals surface area contributed by atoms with Gasteiger partial charge in [0, 0.05) is 44.1 Å². The number of nitrogens with zero attached hydrogens (tertiary/aromatic N) is 1. The monoisotopic (exact) mass is 332 g/mol. The SMILES string of the molecule is CCOc1cc2c(cc1CNC(=O)[C@H]1CC(=O)N(C)C1)O[C@@H](C)C2. The molecule has 0 saturated carbocycles. The van der Waals surface area contributed by atoms with E-state index in [1.807, 2.05) is 26.0 Å². The molecule has 0 radical (unpaired) electrons. The molecule has 0 aliphatic carbocycles. The van der Waals surface area contributed by atoms with Crippen molar-refractivity contribution in [2.75, 3.05) is 20.2 Å². The molecule has 1 saturated heterocycles. The van der Waals surface area contributed by atoms with E-state index in [1.165, 1.54) is 0 Å². The van der Waals surface area contributed by atoms with E-state index in [2.05, 4.69) is 5.32 Å². The van der Waals surface area contributed by atoms with Crippen LogP contribution in [-0.4, -0.2) is 43.0 Å². The molecule has 1 aromatic rings. The molecule has 3 rings (SSSR count). The molecule has 2 aliphatic heterocycles. The maximum atomic E-state index is 12.3. The number of carbonyl (C=O) groups is 2. The highest BCUT2D eigenvalue weighted by Crippen LogP contribution is 2.35. The number of amides is 2. The van der Waals surface area contributed by atoms with Crippen LogP contribution in [0.25, 0.3) is 0 Å². The van der Waals surface area contributed by atoms with Gasteiger partial charge in [-0.3, -0.25) is 9.59 Å². The predicted molar refractivity (Wildman–Crippen MR) is 89.0 cm³/mol. The molecular formula is C18H24N2O4. The van der Waals surface area contributed by atoms with Crippen LogP contribution in [0.5, 0.6) is 11.5 Å². The van der Waals surface area contributed by atoms with Crippen LogP contribution < -0.4 is 14.8 Å². The zero-order valence-electron chi connectivity index (χ0n) is 14.4. The number of likely N-dealkylation sites (tertiary alicyclic amines) is 1. The van der Waals surface area contributed by atoms with Gasteiger partial charge in [-0.2, -0.15) is 0 Å². The molecule has 1 N–H and O–H groups in total. The maximum Gasteiger partial charge on any atom is 0.225 e. The van der Waals surface area contributed by atoms with E-state index in [1.54, 1.807) is 11.9 Å². The van der Waals surface area contributed by atoms with E-state index >= 15 is 0 Å². The summed E-state index contributed by atoms with van der Waals surface area (Å²) in [5, 5.41) is 2.93. The van der Waals surface area contributed by atoms with Gasteiger partial charge in [0.2, 0.25) is 11.8 Å². The highest BCUT2D eigenvalue weighted by atomic mass is 16.5. The largest absolute Gasteiger partial charge is 0.494 e. The summed E-state index contributed by atoms with van der Waals surface area (Å²) in [6.45, 7) is 5.39. The Labute approximate surface area is 142 Å². The molecule has 0 aromatic heterocycles. The van der Waals surface area contributed by atoms with Gasteiger partial charge >= 0.3 is 0 Å². The van der Waals surface area contributed by atoms with Crippen molar-refractivity contribution in [3.8, 4) is 11.5 Å². The Bertz CT molecular complexity index is 659. The average molecular weight is 332 g/mol. The fraction of sp³-hybridized carbons (Fsp3) is 0.556. The molecule has 0 spiro atoms. The van der Waals surface area contributed by atoms with Crippen LogP contribution in [0.3, 0.4) is 0 Å². The highest BCUT2D eigenvalue weighted by Gasteiger charge is 2.32. The molecule has 6 nitrogen and oxygen atoms in total. The number of fused-ring (bicyclic) bond motifs is 1. The van der Waals surface area contributed by atoms with Gasteiger partial charge < -0.3 is 19.7 Å². The van der Waals surface area contributed by atoms with Crippen molar-refractivity contribution in [2.45, 2.75) is 39.3 Å². The second kappa shape index (κ2) is 6.71. The molecule has 6 heteroatoms. The van der Waals surface area contributed by atoms with Crippen molar-refractivity contribution < 1.29 is 19.1 Å². The van der Waals surface area contributed by atoms with Crippen LogP contribution in [0, 0.1) is 5.92 Å². The predicted octanol–water partition coefficient (Wildman–Crippen LogP) is 1.50. The summed E-state index contributed by atoms with van der Waals surface area (Å²) in [7, 11) is 1.72. The summed E-state index contributed by atoms with van der Waals surface area (Å²) in [5.41, 5.74) is 2.04. The Kier molecular flexibility index (Phi) is 4.64. The van der Waals surface area contributed by atoms with Gasteiger partial charge in [0.1, 0.15) is 17.6 Å². The Morgan fingerprint density at radius 1 is 1.42 bits per heavy atom. The third-order valence-electron chi connectivity index (χ3n) is 4.54. The molecule has 0 bridgehead atoms. The second-order valence-corrected chi connectivity index (χ2v) is 6.53. The van der Waals surface area contributed by atoms with Crippen LogP contribution in [-0.2, 0) is 22.6 Å². The maximum absolute atomic E-state index is 12.3. The summed E-state index contributed by atoms with van der Waals surface area (Å²) in [5.74, 6) is 1.30. The third kappa shape index (κ3) is 3.32. The number of rotatable bonds is 5. The minimum absolute atomic E-state index is 0.0186. The molecule has 2 aliphatic rings. The minimum atomic E-state index is -0.274. The summed E-state index contributed by atoms with van der Waals surface area (Å²) < 4.78 is 11.5. The normalized spacial score (nSPS) is 22.3. The third-order valence-corrected chi connectivity index (χ3v) is 4.54. The Balaban J connectivity index is 1.69. The Morgan fingerprint density at radius 2 is 2.21 bits per heavy atom.